The van der Waals surface area contributed by atoms with Crippen molar-refractivity contribution in [1.29, 1.82) is 0 Å². The van der Waals surface area contributed by atoms with Crippen LogP contribution in [0.5, 0.6) is 0 Å². The number of carboxylic acids is 1. The zero-order valence-electron chi connectivity index (χ0n) is 12.6. The molecule has 9 heteroatoms. The van der Waals surface area contributed by atoms with E-state index < -0.39 is 21.8 Å². The van der Waals surface area contributed by atoms with Crippen LogP contribution >= 0.6 is 0 Å². The average Bonchev–Trinajstić information content (AvgIpc) is 2.45. The van der Waals surface area contributed by atoms with E-state index in [0.717, 1.165) is 24.3 Å². The maximum atomic E-state index is 12.8. The molecule has 1 rings (SSSR count). The first kappa shape index (κ1) is 19.0. The molecule has 1 aromatic rings. The number of hydrogen-bond acceptors (Lipinski definition) is 4. The summed E-state index contributed by atoms with van der Waals surface area (Å²) in [5, 5.41) is 11.1. The van der Waals surface area contributed by atoms with E-state index in [1.807, 2.05) is 0 Å². The van der Waals surface area contributed by atoms with E-state index in [0.29, 0.717) is 6.42 Å². The zero-order valence-corrected chi connectivity index (χ0v) is 13.4. The Kier molecular flexibility index (Phi) is 7.11. The molecule has 1 amide bonds. The molecule has 0 aliphatic heterocycles. The van der Waals surface area contributed by atoms with Crippen LogP contribution in [0.25, 0.3) is 0 Å². The molecule has 0 fully saturated rings. The number of amides is 1. The first-order chi connectivity index (χ1) is 10.7. The molecule has 0 saturated heterocycles. The third-order valence-corrected chi connectivity index (χ3v) is 4.44. The molecule has 3 N–H and O–H groups in total. The van der Waals surface area contributed by atoms with Gasteiger partial charge >= 0.3 is 5.97 Å². The second-order valence-electron chi connectivity index (χ2n) is 5.00. The first-order valence-corrected chi connectivity index (χ1v) is 8.45. The number of carbonyl (C=O) groups excluding carboxylic acids is 1. The first-order valence-electron chi connectivity index (χ1n) is 6.97. The van der Waals surface area contributed by atoms with Crippen molar-refractivity contribution < 1.29 is 27.5 Å². The normalized spacial score (nSPS) is 12.6. The van der Waals surface area contributed by atoms with Crippen LogP contribution in [-0.2, 0) is 19.6 Å². The zero-order chi connectivity index (χ0) is 17.5. The van der Waals surface area contributed by atoms with E-state index in [4.69, 9.17) is 5.11 Å². The van der Waals surface area contributed by atoms with Gasteiger partial charge in [0.25, 0.3) is 0 Å². The number of carboxylic acid groups (broad SMARTS) is 1. The van der Waals surface area contributed by atoms with Crippen molar-refractivity contribution in [2.24, 2.45) is 0 Å². The summed E-state index contributed by atoms with van der Waals surface area (Å²) in [6.07, 6.45) is 0.152. The molecule has 0 spiro atoms. The Morgan fingerprint density at radius 3 is 2.39 bits per heavy atom. The van der Waals surface area contributed by atoms with Crippen LogP contribution in [-0.4, -0.2) is 38.0 Å². The highest BCUT2D eigenvalue weighted by atomic mass is 32.2. The Bertz CT molecular complexity index is 646. The van der Waals surface area contributed by atoms with Gasteiger partial charge < -0.3 is 10.4 Å². The van der Waals surface area contributed by atoms with Crippen LogP contribution in [0.1, 0.15) is 26.2 Å². The fourth-order valence-corrected chi connectivity index (χ4v) is 2.79. The minimum atomic E-state index is -3.80. The molecular weight excluding hydrogens is 327 g/mol. The van der Waals surface area contributed by atoms with Gasteiger partial charge in [0.1, 0.15) is 5.82 Å². The summed E-state index contributed by atoms with van der Waals surface area (Å²) in [5.41, 5.74) is 0. The van der Waals surface area contributed by atoms with E-state index in [1.54, 1.807) is 6.92 Å². The highest BCUT2D eigenvalue weighted by Gasteiger charge is 2.15. The summed E-state index contributed by atoms with van der Waals surface area (Å²) in [4.78, 5) is 21.9. The smallest absolute Gasteiger partial charge is 0.303 e. The number of halogens is 1. The Morgan fingerprint density at radius 2 is 1.83 bits per heavy atom. The van der Waals surface area contributed by atoms with E-state index in [-0.39, 0.29) is 36.2 Å². The maximum Gasteiger partial charge on any atom is 0.303 e. The molecule has 0 aliphatic carbocycles. The van der Waals surface area contributed by atoms with Crippen molar-refractivity contribution in [3.63, 3.8) is 0 Å². The molecule has 0 heterocycles. The summed E-state index contributed by atoms with van der Waals surface area (Å²) in [6.45, 7) is 1.56. The summed E-state index contributed by atoms with van der Waals surface area (Å²) in [5.74, 6) is -1.87. The highest BCUT2D eigenvalue weighted by molar-refractivity contribution is 7.89. The molecule has 128 valence electrons. The minimum Gasteiger partial charge on any atom is -0.481 e. The van der Waals surface area contributed by atoms with Gasteiger partial charge in [0.2, 0.25) is 15.9 Å². The van der Waals surface area contributed by atoms with Gasteiger partial charge in [0.15, 0.2) is 0 Å². The van der Waals surface area contributed by atoms with Gasteiger partial charge in [-0.15, -0.1) is 0 Å². The minimum absolute atomic E-state index is 0.0569. The predicted octanol–water partition coefficient (Wildman–Crippen LogP) is 0.864. The number of benzene rings is 1. The lowest BCUT2D eigenvalue weighted by atomic mass is 10.2. The fourth-order valence-electron chi connectivity index (χ4n) is 1.76. The monoisotopic (exact) mass is 346 g/mol. The van der Waals surface area contributed by atoms with Gasteiger partial charge in [-0.25, -0.2) is 17.5 Å². The van der Waals surface area contributed by atoms with Crippen molar-refractivity contribution >= 4 is 21.9 Å². The number of rotatable bonds is 9. The second kappa shape index (κ2) is 8.59. The predicted molar refractivity (Wildman–Crippen MR) is 80.7 cm³/mol. The van der Waals surface area contributed by atoms with E-state index in [2.05, 4.69) is 10.0 Å². The average molecular weight is 346 g/mol. The lowest BCUT2D eigenvalue weighted by Gasteiger charge is -2.13. The third-order valence-electron chi connectivity index (χ3n) is 2.97. The topological polar surface area (TPSA) is 113 Å². The SMILES string of the molecule is CC(CCC(=O)O)NC(=O)CCNS(=O)(=O)c1ccc(F)cc1. The number of hydrogen-bond donors (Lipinski definition) is 3. The van der Waals surface area contributed by atoms with Gasteiger partial charge in [-0.3, -0.25) is 9.59 Å². The van der Waals surface area contributed by atoms with Crippen molar-refractivity contribution in [2.75, 3.05) is 6.54 Å². The van der Waals surface area contributed by atoms with Crippen molar-refractivity contribution in [3.05, 3.63) is 30.1 Å². The number of nitrogens with one attached hydrogen (secondary N) is 2. The van der Waals surface area contributed by atoms with Crippen LogP contribution in [0.15, 0.2) is 29.2 Å². The molecule has 0 bridgehead atoms. The molecule has 0 aromatic heterocycles. The van der Waals surface area contributed by atoms with Crippen molar-refractivity contribution in [2.45, 2.75) is 37.1 Å². The van der Waals surface area contributed by atoms with Gasteiger partial charge in [-0.2, -0.15) is 0 Å². The van der Waals surface area contributed by atoms with E-state index in [1.165, 1.54) is 0 Å². The molecule has 1 atom stereocenters. The number of sulfonamides is 1. The van der Waals surface area contributed by atoms with Crippen LogP contribution in [0.4, 0.5) is 4.39 Å². The van der Waals surface area contributed by atoms with Gasteiger partial charge in [-0.1, -0.05) is 0 Å². The number of carbonyl (C=O) groups is 2. The molecule has 0 aliphatic rings. The maximum absolute atomic E-state index is 12.8. The Morgan fingerprint density at radius 1 is 1.22 bits per heavy atom. The summed E-state index contributed by atoms with van der Waals surface area (Å²) >= 11 is 0. The lowest BCUT2D eigenvalue weighted by molar-refractivity contribution is -0.137. The summed E-state index contributed by atoms with van der Waals surface area (Å²) in [7, 11) is -3.80. The fraction of sp³-hybridized carbons (Fsp3) is 0.429. The Balaban J connectivity index is 2.39. The van der Waals surface area contributed by atoms with Gasteiger partial charge in [0, 0.05) is 25.4 Å². The summed E-state index contributed by atoms with van der Waals surface area (Å²) < 4.78 is 38.8. The largest absolute Gasteiger partial charge is 0.481 e. The van der Waals surface area contributed by atoms with E-state index in [9.17, 15) is 22.4 Å². The highest BCUT2D eigenvalue weighted by Crippen LogP contribution is 2.09. The third kappa shape index (κ3) is 7.20. The van der Waals surface area contributed by atoms with Crippen LogP contribution < -0.4 is 10.0 Å². The number of aliphatic carboxylic acids is 1. The summed E-state index contributed by atoms with van der Waals surface area (Å²) in [6, 6.07) is 4.01. The van der Waals surface area contributed by atoms with E-state index >= 15 is 0 Å². The van der Waals surface area contributed by atoms with Crippen LogP contribution in [0.2, 0.25) is 0 Å². The van der Waals surface area contributed by atoms with Crippen molar-refractivity contribution in [1.82, 2.24) is 10.0 Å². The lowest BCUT2D eigenvalue weighted by Crippen LogP contribution is -2.35. The molecule has 7 nitrogen and oxygen atoms in total. The molecule has 23 heavy (non-hydrogen) atoms. The molecule has 0 saturated carbocycles. The van der Waals surface area contributed by atoms with Crippen LogP contribution in [0, 0.1) is 5.82 Å². The van der Waals surface area contributed by atoms with Gasteiger partial charge in [-0.05, 0) is 37.6 Å². The Hall–Kier alpha value is -2.00. The molecular formula is C14H19FN2O5S. The molecule has 0 radical (unpaired) electrons. The quantitative estimate of drug-likeness (QED) is 0.614. The second-order valence-corrected chi connectivity index (χ2v) is 6.77. The van der Waals surface area contributed by atoms with Gasteiger partial charge in [0.05, 0.1) is 4.90 Å². The van der Waals surface area contributed by atoms with Crippen LogP contribution in [0.3, 0.4) is 0 Å². The Labute approximate surface area is 133 Å². The molecule has 1 aromatic carbocycles. The van der Waals surface area contributed by atoms with Crippen molar-refractivity contribution in [3.8, 4) is 0 Å². The standard InChI is InChI=1S/C14H19FN2O5S/c1-10(2-7-14(19)20)17-13(18)8-9-16-23(21,22)12-5-3-11(15)4-6-12/h3-6,10,16H,2,7-9H2,1H3,(H,17,18)(H,19,20). The molecule has 1 unspecified atom stereocenters.